The second-order valence-corrected chi connectivity index (χ2v) is 7.41. The number of carbonyl (C=O) groups excluding carboxylic acids is 1. The van der Waals surface area contributed by atoms with E-state index in [0.29, 0.717) is 50.2 Å². The van der Waals surface area contributed by atoms with Crippen LogP contribution < -0.4 is 5.32 Å². The molecule has 0 saturated carbocycles. The van der Waals surface area contributed by atoms with Gasteiger partial charge < -0.3 is 14.7 Å². The summed E-state index contributed by atoms with van der Waals surface area (Å²) in [6.07, 6.45) is -4.43. The minimum absolute atomic E-state index is 0.105. The number of urea groups is 1. The molecule has 33 heavy (non-hydrogen) atoms. The van der Waals surface area contributed by atoms with Crippen molar-refractivity contribution in [3.63, 3.8) is 0 Å². The molecule has 0 radical (unpaired) electrons. The van der Waals surface area contributed by atoms with E-state index in [-0.39, 0.29) is 11.6 Å². The van der Waals surface area contributed by atoms with Crippen molar-refractivity contribution in [1.82, 2.24) is 19.9 Å². The van der Waals surface area contributed by atoms with E-state index < -0.39 is 29.4 Å². The van der Waals surface area contributed by atoms with Crippen LogP contribution in [0.25, 0.3) is 11.5 Å². The zero-order valence-electron chi connectivity index (χ0n) is 17.1. The Hall–Kier alpha value is -3.54. The first kappa shape index (κ1) is 22.6. The van der Waals surface area contributed by atoms with Crippen LogP contribution in [0.4, 0.5) is 32.4 Å². The Morgan fingerprint density at radius 2 is 1.73 bits per heavy atom. The summed E-state index contributed by atoms with van der Waals surface area (Å²) >= 11 is 0. The molecule has 0 atom stereocenters. The van der Waals surface area contributed by atoms with Gasteiger partial charge in [0.2, 0.25) is 0 Å². The van der Waals surface area contributed by atoms with Gasteiger partial charge in [-0.3, -0.25) is 4.90 Å². The molecule has 12 heteroatoms. The number of piperazine rings is 1. The first-order valence-electron chi connectivity index (χ1n) is 9.92. The molecule has 2 aromatic carbocycles. The minimum atomic E-state index is -4.43. The molecule has 2 amide bonds. The average Bonchev–Trinajstić information content (AvgIpc) is 3.24. The molecule has 0 aliphatic carbocycles. The van der Waals surface area contributed by atoms with E-state index in [1.807, 2.05) is 4.90 Å². The first-order chi connectivity index (χ1) is 15.7. The number of nitrogens with zero attached hydrogens (tertiary/aromatic N) is 4. The number of anilines is 1. The van der Waals surface area contributed by atoms with E-state index in [4.69, 9.17) is 4.52 Å². The number of amides is 2. The van der Waals surface area contributed by atoms with Crippen molar-refractivity contribution in [3.8, 4) is 11.5 Å². The van der Waals surface area contributed by atoms with Gasteiger partial charge in [0.05, 0.1) is 17.8 Å². The smallest absolute Gasteiger partial charge is 0.334 e. The number of halogens is 5. The monoisotopic (exact) mass is 467 g/mol. The van der Waals surface area contributed by atoms with Crippen LogP contribution in [0, 0.1) is 11.6 Å². The highest BCUT2D eigenvalue weighted by atomic mass is 19.4. The van der Waals surface area contributed by atoms with Crippen molar-refractivity contribution in [2.75, 3.05) is 31.5 Å². The van der Waals surface area contributed by atoms with Crippen LogP contribution in [0.5, 0.6) is 0 Å². The molecule has 1 fully saturated rings. The van der Waals surface area contributed by atoms with Crippen LogP contribution in [0.2, 0.25) is 0 Å². The Morgan fingerprint density at radius 1 is 1.03 bits per heavy atom. The molecular weight excluding hydrogens is 449 g/mol. The highest BCUT2D eigenvalue weighted by molar-refractivity contribution is 5.89. The van der Waals surface area contributed by atoms with Crippen molar-refractivity contribution in [3.05, 3.63) is 65.5 Å². The molecule has 0 spiro atoms. The fourth-order valence-electron chi connectivity index (χ4n) is 3.33. The predicted octanol–water partition coefficient (Wildman–Crippen LogP) is 4.38. The second-order valence-electron chi connectivity index (χ2n) is 7.41. The summed E-state index contributed by atoms with van der Waals surface area (Å²) in [5, 5.41) is 6.29. The summed E-state index contributed by atoms with van der Waals surface area (Å²) in [7, 11) is 0. The lowest BCUT2D eigenvalue weighted by Crippen LogP contribution is -2.49. The summed E-state index contributed by atoms with van der Waals surface area (Å²) in [6, 6.07) is 6.83. The van der Waals surface area contributed by atoms with E-state index in [1.54, 1.807) is 0 Å². The van der Waals surface area contributed by atoms with E-state index in [0.717, 1.165) is 24.3 Å². The summed E-state index contributed by atoms with van der Waals surface area (Å²) in [5.74, 6) is -1.13. The Bertz CT molecular complexity index is 1120. The van der Waals surface area contributed by atoms with Crippen molar-refractivity contribution < 1.29 is 31.3 Å². The summed E-state index contributed by atoms with van der Waals surface area (Å²) < 4.78 is 69.9. The van der Waals surface area contributed by atoms with Gasteiger partial charge in [-0.1, -0.05) is 5.16 Å². The summed E-state index contributed by atoms with van der Waals surface area (Å²) in [4.78, 5) is 20.0. The van der Waals surface area contributed by atoms with Crippen molar-refractivity contribution in [1.29, 1.82) is 0 Å². The van der Waals surface area contributed by atoms with Crippen LogP contribution in [0.3, 0.4) is 0 Å². The SMILES string of the molecule is O=C(Nc1ccc(F)cc1F)N1CCN(Cc2noc(-c3ccc(C(F)(F)F)cc3)n2)CC1. The predicted molar refractivity (Wildman–Crippen MR) is 107 cm³/mol. The molecule has 7 nitrogen and oxygen atoms in total. The number of hydrogen-bond acceptors (Lipinski definition) is 5. The maximum Gasteiger partial charge on any atom is 0.416 e. The van der Waals surface area contributed by atoms with Crippen LogP contribution >= 0.6 is 0 Å². The Morgan fingerprint density at radius 3 is 2.36 bits per heavy atom. The zero-order chi connectivity index (χ0) is 23.6. The standard InChI is InChI=1S/C21H18F5N5O2/c22-15-5-6-17(16(23)11-15)27-20(32)31-9-7-30(8-10-31)12-18-28-19(33-29-18)13-1-3-14(4-2-13)21(24,25)26/h1-6,11H,7-10,12H2,(H,27,32). The van der Waals surface area contributed by atoms with Crippen molar-refractivity contribution in [2.45, 2.75) is 12.7 Å². The zero-order valence-corrected chi connectivity index (χ0v) is 17.1. The fraction of sp³-hybridized carbons (Fsp3) is 0.286. The largest absolute Gasteiger partial charge is 0.416 e. The Kier molecular flexibility index (Phi) is 6.27. The van der Waals surface area contributed by atoms with Gasteiger partial charge in [-0.25, -0.2) is 13.6 Å². The van der Waals surface area contributed by atoms with E-state index in [1.165, 1.54) is 17.0 Å². The Labute approximate surface area is 184 Å². The third-order valence-electron chi connectivity index (χ3n) is 5.12. The number of rotatable bonds is 4. The van der Waals surface area contributed by atoms with Gasteiger partial charge >= 0.3 is 12.2 Å². The molecule has 1 saturated heterocycles. The molecule has 1 aliphatic rings. The quantitative estimate of drug-likeness (QED) is 0.577. The number of aromatic nitrogens is 2. The number of nitrogens with one attached hydrogen (secondary N) is 1. The van der Waals surface area contributed by atoms with Crippen molar-refractivity contribution in [2.24, 2.45) is 0 Å². The molecule has 1 aliphatic heterocycles. The highest BCUT2D eigenvalue weighted by Gasteiger charge is 2.30. The number of alkyl halides is 3. The fourth-order valence-corrected chi connectivity index (χ4v) is 3.33. The van der Waals surface area contributed by atoms with Gasteiger partial charge in [-0.05, 0) is 36.4 Å². The normalized spacial score (nSPS) is 15.0. The molecule has 1 N–H and O–H groups in total. The number of hydrogen-bond donors (Lipinski definition) is 1. The van der Waals surface area contributed by atoms with Gasteiger partial charge in [0.1, 0.15) is 11.6 Å². The van der Waals surface area contributed by atoms with E-state index >= 15 is 0 Å². The van der Waals surface area contributed by atoms with Crippen LogP contribution in [0.15, 0.2) is 47.0 Å². The molecule has 0 unspecified atom stereocenters. The van der Waals surface area contributed by atoms with Gasteiger partial charge in [0.15, 0.2) is 5.82 Å². The van der Waals surface area contributed by atoms with Crippen LogP contribution in [-0.4, -0.2) is 52.2 Å². The molecule has 0 bridgehead atoms. The first-order valence-corrected chi connectivity index (χ1v) is 9.92. The second kappa shape index (κ2) is 9.14. The number of carbonyl (C=O) groups is 1. The van der Waals surface area contributed by atoms with Crippen LogP contribution in [0.1, 0.15) is 11.4 Å². The topological polar surface area (TPSA) is 74.5 Å². The van der Waals surface area contributed by atoms with Gasteiger partial charge in [-0.15, -0.1) is 0 Å². The lowest BCUT2D eigenvalue weighted by atomic mass is 10.1. The minimum Gasteiger partial charge on any atom is -0.334 e. The molecular formula is C21H18F5N5O2. The molecule has 2 heterocycles. The lowest BCUT2D eigenvalue weighted by molar-refractivity contribution is -0.137. The molecule has 174 valence electrons. The number of benzene rings is 2. The van der Waals surface area contributed by atoms with E-state index in [2.05, 4.69) is 15.5 Å². The molecule has 3 aromatic rings. The third kappa shape index (κ3) is 5.45. The maximum atomic E-state index is 13.7. The maximum absolute atomic E-state index is 13.7. The summed E-state index contributed by atoms with van der Waals surface area (Å²) in [6.45, 7) is 2.02. The summed E-state index contributed by atoms with van der Waals surface area (Å²) in [5.41, 5.74) is -0.502. The van der Waals surface area contributed by atoms with Crippen molar-refractivity contribution >= 4 is 11.7 Å². The van der Waals surface area contributed by atoms with Gasteiger partial charge in [0, 0.05) is 37.8 Å². The average molecular weight is 467 g/mol. The van der Waals surface area contributed by atoms with Gasteiger partial charge in [-0.2, -0.15) is 18.2 Å². The molecule has 4 rings (SSSR count). The van der Waals surface area contributed by atoms with E-state index in [9.17, 15) is 26.7 Å². The third-order valence-corrected chi connectivity index (χ3v) is 5.12. The highest BCUT2D eigenvalue weighted by Crippen LogP contribution is 2.30. The Balaban J connectivity index is 1.30. The lowest BCUT2D eigenvalue weighted by Gasteiger charge is -2.34. The molecule has 1 aromatic heterocycles. The van der Waals surface area contributed by atoms with Gasteiger partial charge in [0.25, 0.3) is 5.89 Å². The van der Waals surface area contributed by atoms with Crippen LogP contribution in [-0.2, 0) is 12.7 Å².